The fourth-order valence-corrected chi connectivity index (χ4v) is 1.24. The Bertz CT molecular complexity index is 360. The van der Waals surface area contributed by atoms with Gasteiger partial charge in [-0.3, -0.25) is 4.79 Å². The second kappa shape index (κ2) is 4.63. The van der Waals surface area contributed by atoms with E-state index in [1.54, 1.807) is 24.3 Å². The van der Waals surface area contributed by atoms with E-state index in [9.17, 15) is 9.90 Å². The minimum absolute atomic E-state index is 0.351. The third kappa shape index (κ3) is 3.32. The van der Waals surface area contributed by atoms with Gasteiger partial charge in [-0.1, -0.05) is 0 Å². The van der Waals surface area contributed by atoms with Gasteiger partial charge in [-0.2, -0.15) is 0 Å². The number of hydrogen-bond acceptors (Lipinski definition) is 4. The number of carbonyl (C=O) groups excluding carboxylic acids is 1. The van der Waals surface area contributed by atoms with Crippen LogP contribution in [0.15, 0.2) is 24.3 Å². The summed E-state index contributed by atoms with van der Waals surface area (Å²) in [5.74, 6) is 0.124. The Labute approximate surface area is 94.5 Å². The number of Topliss-reactive ketones (excluding diaryl/α,β-unsaturated/α-hetero) is 1. The first kappa shape index (κ1) is 12.7. The van der Waals surface area contributed by atoms with Gasteiger partial charge in [-0.05, 0) is 45.0 Å². The van der Waals surface area contributed by atoms with Crippen LogP contribution >= 0.6 is 0 Å². The highest BCUT2D eigenvalue weighted by Crippen LogP contribution is 2.17. The van der Waals surface area contributed by atoms with E-state index in [-0.39, 0.29) is 5.78 Å². The van der Waals surface area contributed by atoms with Crippen LogP contribution in [0.25, 0.3) is 0 Å². The van der Waals surface area contributed by atoms with Crippen LogP contribution in [-0.2, 0) is 0 Å². The van der Waals surface area contributed by atoms with Gasteiger partial charge in [0.25, 0.3) is 0 Å². The summed E-state index contributed by atoms with van der Waals surface area (Å²) in [6, 6.07) is 6.26. The molecule has 1 aromatic carbocycles. The number of hydrogen-bond donors (Lipinski definition) is 2. The molecule has 2 N–H and O–H groups in total. The van der Waals surface area contributed by atoms with E-state index >= 15 is 0 Å². The molecule has 0 bridgehead atoms. The molecule has 0 aromatic heterocycles. The molecule has 1 unspecified atom stereocenters. The van der Waals surface area contributed by atoms with Crippen LogP contribution in [0.1, 0.15) is 31.1 Å². The van der Waals surface area contributed by atoms with Crippen molar-refractivity contribution >= 4 is 5.78 Å². The fourth-order valence-electron chi connectivity index (χ4n) is 1.24. The van der Waals surface area contributed by atoms with Crippen molar-refractivity contribution < 1.29 is 19.7 Å². The summed E-state index contributed by atoms with van der Waals surface area (Å²) in [6.07, 6.45) is -0.893. The molecule has 4 heteroatoms. The van der Waals surface area contributed by atoms with Crippen LogP contribution in [0.5, 0.6) is 5.75 Å². The molecule has 0 amide bonds. The largest absolute Gasteiger partial charge is 0.465 e. The van der Waals surface area contributed by atoms with Crippen molar-refractivity contribution in [1.82, 2.24) is 0 Å². The van der Waals surface area contributed by atoms with Gasteiger partial charge in [0.05, 0.1) is 0 Å². The molecule has 1 aromatic rings. The van der Waals surface area contributed by atoms with Crippen LogP contribution in [0.2, 0.25) is 0 Å². The summed E-state index contributed by atoms with van der Waals surface area (Å²) in [4.78, 5) is 11.7. The lowest BCUT2D eigenvalue weighted by Gasteiger charge is -2.15. The summed E-state index contributed by atoms with van der Waals surface area (Å²) in [6.45, 7) is 4.38. The molecule has 0 spiro atoms. The zero-order valence-electron chi connectivity index (χ0n) is 9.60. The third-order valence-corrected chi connectivity index (χ3v) is 1.98. The van der Waals surface area contributed by atoms with Crippen molar-refractivity contribution in [1.29, 1.82) is 0 Å². The Balaban J connectivity index is 2.83. The maximum Gasteiger partial charge on any atom is 0.194 e. The second-order valence-corrected chi connectivity index (χ2v) is 4.13. The van der Waals surface area contributed by atoms with Crippen LogP contribution < -0.4 is 4.74 Å². The highest BCUT2D eigenvalue weighted by atomic mass is 16.6. The molecule has 0 aliphatic carbocycles. The number of carbonyl (C=O) groups is 1. The molecule has 0 fully saturated rings. The van der Waals surface area contributed by atoms with Crippen LogP contribution in [0, 0.1) is 0 Å². The lowest BCUT2D eigenvalue weighted by atomic mass is 9.97. The Morgan fingerprint density at radius 2 is 1.81 bits per heavy atom. The summed E-state index contributed by atoms with van der Waals surface area (Å²) >= 11 is 0. The smallest absolute Gasteiger partial charge is 0.194 e. The Hall–Kier alpha value is -1.39. The van der Waals surface area contributed by atoms with Crippen molar-refractivity contribution in [3.8, 4) is 5.75 Å². The predicted molar refractivity (Wildman–Crippen MR) is 59.4 cm³/mol. The van der Waals surface area contributed by atoms with Gasteiger partial charge in [0, 0.05) is 5.56 Å². The third-order valence-electron chi connectivity index (χ3n) is 1.98. The van der Waals surface area contributed by atoms with Crippen LogP contribution in [0.4, 0.5) is 0 Å². The van der Waals surface area contributed by atoms with Gasteiger partial charge in [0.15, 0.2) is 12.1 Å². The van der Waals surface area contributed by atoms with E-state index in [0.717, 1.165) is 0 Å². The molecular weight excluding hydrogens is 208 g/mol. The molecule has 0 aliphatic heterocycles. The standard InChI is InChI=1S/C12H16O4/c1-8(13)16-10-6-4-9(5-7-10)11(14)12(2,3)15/h4-8,13,15H,1-3H3. The zero-order chi connectivity index (χ0) is 12.3. The van der Waals surface area contributed by atoms with Crippen LogP contribution in [-0.4, -0.2) is 27.9 Å². The van der Waals surface area contributed by atoms with Gasteiger partial charge in [-0.15, -0.1) is 0 Å². The quantitative estimate of drug-likeness (QED) is 0.598. The lowest BCUT2D eigenvalue weighted by Crippen LogP contribution is -2.30. The van der Waals surface area contributed by atoms with Gasteiger partial charge in [0.1, 0.15) is 11.4 Å². The topological polar surface area (TPSA) is 66.8 Å². The van der Waals surface area contributed by atoms with Gasteiger partial charge < -0.3 is 14.9 Å². The van der Waals surface area contributed by atoms with Crippen molar-refractivity contribution in [3.05, 3.63) is 29.8 Å². The normalized spacial score (nSPS) is 13.3. The monoisotopic (exact) mass is 224 g/mol. The minimum Gasteiger partial charge on any atom is -0.465 e. The molecule has 0 saturated heterocycles. The summed E-state index contributed by atoms with van der Waals surface area (Å²) in [5, 5.41) is 18.5. The van der Waals surface area contributed by atoms with E-state index in [1.165, 1.54) is 20.8 Å². The molecule has 0 saturated carbocycles. The first-order valence-electron chi connectivity index (χ1n) is 5.02. The molecule has 1 rings (SSSR count). The summed E-state index contributed by atoms with van der Waals surface area (Å²) in [5.41, 5.74) is -0.974. The first-order chi connectivity index (χ1) is 7.30. The molecule has 0 heterocycles. The van der Waals surface area contributed by atoms with Gasteiger partial charge in [-0.25, -0.2) is 0 Å². The summed E-state index contributed by atoms with van der Waals surface area (Å²) in [7, 11) is 0. The molecule has 4 nitrogen and oxygen atoms in total. The number of ether oxygens (including phenoxy) is 1. The number of benzene rings is 1. The van der Waals surface area contributed by atoms with E-state index in [0.29, 0.717) is 11.3 Å². The zero-order valence-corrected chi connectivity index (χ0v) is 9.60. The Morgan fingerprint density at radius 3 is 2.19 bits per heavy atom. The Morgan fingerprint density at radius 1 is 1.31 bits per heavy atom. The van der Waals surface area contributed by atoms with E-state index in [2.05, 4.69) is 0 Å². The van der Waals surface area contributed by atoms with Crippen LogP contribution in [0.3, 0.4) is 0 Å². The molecule has 0 radical (unpaired) electrons. The number of aliphatic hydroxyl groups excluding tert-OH is 1. The van der Waals surface area contributed by atoms with Crippen molar-refractivity contribution in [2.45, 2.75) is 32.7 Å². The molecule has 16 heavy (non-hydrogen) atoms. The highest BCUT2D eigenvalue weighted by Gasteiger charge is 2.24. The second-order valence-electron chi connectivity index (χ2n) is 4.13. The first-order valence-corrected chi connectivity index (χ1v) is 5.02. The summed E-state index contributed by atoms with van der Waals surface area (Å²) < 4.78 is 5.02. The average molecular weight is 224 g/mol. The highest BCUT2D eigenvalue weighted by molar-refractivity contribution is 6.01. The predicted octanol–water partition coefficient (Wildman–Crippen LogP) is 1.36. The maximum atomic E-state index is 11.7. The fraction of sp³-hybridized carbons (Fsp3) is 0.417. The number of rotatable bonds is 4. The van der Waals surface area contributed by atoms with Crippen molar-refractivity contribution in [2.24, 2.45) is 0 Å². The molecule has 1 atom stereocenters. The van der Waals surface area contributed by atoms with Crippen molar-refractivity contribution in [3.63, 3.8) is 0 Å². The van der Waals surface area contributed by atoms with Gasteiger partial charge in [0.2, 0.25) is 0 Å². The maximum absolute atomic E-state index is 11.7. The molecule has 88 valence electrons. The molecular formula is C12H16O4. The number of aliphatic hydroxyl groups is 2. The Kier molecular flexibility index (Phi) is 3.67. The number of ketones is 1. The minimum atomic E-state index is -1.38. The average Bonchev–Trinajstić information content (AvgIpc) is 2.15. The molecule has 0 aliphatic rings. The van der Waals surface area contributed by atoms with E-state index in [1.807, 2.05) is 0 Å². The van der Waals surface area contributed by atoms with Gasteiger partial charge >= 0.3 is 0 Å². The SMILES string of the molecule is CC(O)Oc1ccc(C(=O)C(C)(C)O)cc1. The lowest BCUT2D eigenvalue weighted by molar-refractivity contribution is -0.000307. The van der Waals surface area contributed by atoms with E-state index < -0.39 is 11.9 Å². The van der Waals surface area contributed by atoms with Crippen molar-refractivity contribution in [2.75, 3.05) is 0 Å². The van der Waals surface area contributed by atoms with E-state index in [4.69, 9.17) is 9.84 Å².